The van der Waals surface area contributed by atoms with E-state index in [1.54, 1.807) is 6.07 Å². The number of nitrogens with one attached hydrogen (secondary N) is 2. The van der Waals surface area contributed by atoms with Crippen molar-refractivity contribution in [1.29, 1.82) is 0 Å². The molecule has 10 nitrogen and oxygen atoms in total. The highest BCUT2D eigenvalue weighted by atomic mass is 16.6. The minimum Gasteiger partial charge on any atom is -0.493 e. The fourth-order valence-electron chi connectivity index (χ4n) is 2.84. The van der Waals surface area contributed by atoms with E-state index >= 15 is 0 Å². The van der Waals surface area contributed by atoms with E-state index in [-0.39, 0.29) is 41.2 Å². The summed E-state index contributed by atoms with van der Waals surface area (Å²) in [5.74, 6) is 0.464. The molecule has 0 aliphatic heterocycles. The number of benzene rings is 2. The minimum absolute atomic E-state index is 0.0297. The van der Waals surface area contributed by atoms with Gasteiger partial charge in [-0.3, -0.25) is 19.9 Å². The molecule has 0 amide bonds. The Morgan fingerprint density at radius 1 is 1.25 bits per heavy atom. The molecule has 10 heteroatoms. The van der Waals surface area contributed by atoms with Gasteiger partial charge in [-0.25, -0.2) is 10.4 Å². The molecule has 0 saturated heterocycles. The molecular formula is C22H23N5O5. The van der Waals surface area contributed by atoms with E-state index < -0.39 is 4.92 Å². The summed E-state index contributed by atoms with van der Waals surface area (Å²) in [5, 5.41) is 15.7. The topological polar surface area (TPSA) is 132 Å². The zero-order valence-electron chi connectivity index (χ0n) is 17.9. The molecule has 166 valence electrons. The van der Waals surface area contributed by atoms with Gasteiger partial charge in [0.25, 0.3) is 5.56 Å². The molecule has 0 bridgehead atoms. The molecule has 0 spiro atoms. The van der Waals surface area contributed by atoms with E-state index in [0.29, 0.717) is 11.3 Å². The Labute approximate surface area is 184 Å². The second-order valence-electron chi connectivity index (χ2n) is 7.15. The number of aromatic amines is 1. The highest BCUT2D eigenvalue weighted by Gasteiger charge is 2.22. The maximum Gasteiger partial charge on any atom is 0.315 e. The van der Waals surface area contributed by atoms with Crippen molar-refractivity contribution in [3.05, 3.63) is 85.8 Å². The standard InChI is InChI=1S/C22H23N5O5/c1-14(2)17-11-20(28)25-22(24-17)26-23-12-16-9-18(27(29)30)21(19(10-16)31-3)32-13-15-7-5-4-6-8-15/h4-12,14H,13H2,1-3H3,(H2,24,25,26,28)/b23-12-. The molecule has 0 aliphatic carbocycles. The van der Waals surface area contributed by atoms with E-state index in [1.165, 1.54) is 25.5 Å². The fourth-order valence-corrected chi connectivity index (χ4v) is 2.84. The molecule has 3 aromatic rings. The Balaban J connectivity index is 1.84. The molecule has 0 atom stereocenters. The van der Waals surface area contributed by atoms with Crippen molar-refractivity contribution in [2.24, 2.45) is 5.10 Å². The van der Waals surface area contributed by atoms with Gasteiger partial charge in [0.15, 0.2) is 5.75 Å². The SMILES string of the molecule is COc1cc(/C=N\Nc2nc(C(C)C)cc(=O)[nH]2)cc([N+](=O)[O-])c1OCc1ccccc1. The average Bonchev–Trinajstić information content (AvgIpc) is 2.77. The first-order valence-corrected chi connectivity index (χ1v) is 9.81. The monoisotopic (exact) mass is 437 g/mol. The van der Waals surface area contributed by atoms with Gasteiger partial charge in [0, 0.05) is 17.7 Å². The van der Waals surface area contributed by atoms with Crippen LogP contribution < -0.4 is 20.5 Å². The molecule has 0 unspecified atom stereocenters. The summed E-state index contributed by atoms with van der Waals surface area (Å²) in [4.78, 5) is 29.7. The Morgan fingerprint density at radius 2 is 2.00 bits per heavy atom. The summed E-state index contributed by atoms with van der Waals surface area (Å²) in [6.07, 6.45) is 1.36. The lowest BCUT2D eigenvalue weighted by Crippen LogP contribution is -2.12. The van der Waals surface area contributed by atoms with Crippen molar-refractivity contribution in [2.75, 3.05) is 12.5 Å². The van der Waals surface area contributed by atoms with Gasteiger partial charge in [-0.1, -0.05) is 44.2 Å². The maximum absolute atomic E-state index is 11.8. The summed E-state index contributed by atoms with van der Waals surface area (Å²) >= 11 is 0. The van der Waals surface area contributed by atoms with E-state index in [9.17, 15) is 14.9 Å². The smallest absolute Gasteiger partial charge is 0.315 e. The highest BCUT2D eigenvalue weighted by molar-refractivity contribution is 5.83. The van der Waals surface area contributed by atoms with Crippen LogP contribution in [-0.4, -0.2) is 28.2 Å². The third-order valence-corrected chi connectivity index (χ3v) is 4.44. The number of H-pyrrole nitrogens is 1. The quantitative estimate of drug-likeness (QED) is 0.295. The molecular weight excluding hydrogens is 414 g/mol. The number of hydrogen-bond donors (Lipinski definition) is 2. The van der Waals surface area contributed by atoms with E-state index in [0.717, 1.165) is 5.56 Å². The summed E-state index contributed by atoms with van der Waals surface area (Å²) in [6, 6.07) is 13.6. The molecule has 0 fully saturated rings. The van der Waals surface area contributed by atoms with Crippen LogP contribution in [0.4, 0.5) is 11.6 Å². The number of rotatable bonds is 9. The lowest BCUT2D eigenvalue weighted by molar-refractivity contribution is -0.386. The van der Waals surface area contributed by atoms with Crippen molar-refractivity contribution in [3.8, 4) is 11.5 Å². The van der Waals surface area contributed by atoms with Crippen LogP contribution in [0.15, 0.2) is 58.4 Å². The van der Waals surface area contributed by atoms with Crippen molar-refractivity contribution in [2.45, 2.75) is 26.4 Å². The van der Waals surface area contributed by atoms with Gasteiger partial charge in [-0.05, 0) is 17.5 Å². The van der Waals surface area contributed by atoms with Crippen molar-refractivity contribution in [3.63, 3.8) is 0 Å². The number of aromatic nitrogens is 2. The molecule has 2 aromatic carbocycles. The number of nitro benzene ring substituents is 1. The molecule has 0 aliphatic rings. The summed E-state index contributed by atoms with van der Waals surface area (Å²) in [6.45, 7) is 3.99. The number of ether oxygens (including phenoxy) is 2. The predicted octanol–water partition coefficient (Wildman–Crippen LogP) is 3.84. The van der Waals surface area contributed by atoms with Crippen LogP contribution in [0.25, 0.3) is 0 Å². The summed E-state index contributed by atoms with van der Waals surface area (Å²) < 4.78 is 11.0. The van der Waals surface area contributed by atoms with Crippen LogP contribution in [0, 0.1) is 10.1 Å². The normalized spacial score (nSPS) is 11.0. The molecule has 1 aromatic heterocycles. The van der Waals surface area contributed by atoms with Crippen LogP contribution in [0.2, 0.25) is 0 Å². The number of methoxy groups -OCH3 is 1. The highest BCUT2D eigenvalue weighted by Crippen LogP contribution is 2.38. The molecule has 0 radical (unpaired) electrons. The third-order valence-electron chi connectivity index (χ3n) is 4.44. The van der Waals surface area contributed by atoms with Gasteiger partial charge < -0.3 is 9.47 Å². The largest absolute Gasteiger partial charge is 0.493 e. The van der Waals surface area contributed by atoms with Crippen LogP contribution in [-0.2, 0) is 6.61 Å². The number of nitrogens with zero attached hydrogens (tertiary/aromatic N) is 3. The van der Waals surface area contributed by atoms with Crippen LogP contribution >= 0.6 is 0 Å². The first-order valence-electron chi connectivity index (χ1n) is 9.81. The fraction of sp³-hybridized carbons (Fsp3) is 0.227. The van der Waals surface area contributed by atoms with Gasteiger partial charge in [-0.15, -0.1) is 0 Å². The Kier molecular flexibility index (Phi) is 7.17. The van der Waals surface area contributed by atoms with Crippen LogP contribution in [0.3, 0.4) is 0 Å². The third kappa shape index (κ3) is 5.69. The van der Waals surface area contributed by atoms with Crippen molar-refractivity contribution in [1.82, 2.24) is 9.97 Å². The second kappa shape index (κ2) is 10.2. The lowest BCUT2D eigenvalue weighted by Gasteiger charge is -2.12. The van der Waals surface area contributed by atoms with Crippen LogP contribution in [0.1, 0.15) is 36.6 Å². The Bertz CT molecular complexity index is 1180. The number of nitro groups is 1. The minimum atomic E-state index is -0.543. The molecule has 2 N–H and O–H groups in total. The van der Waals surface area contributed by atoms with Crippen LogP contribution in [0.5, 0.6) is 11.5 Å². The lowest BCUT2D eigenvalue weighted by atomic mass is 10.1. The van der Waals surface area contributed by atoms with E-state index in [1.807, 2.05) is 44.2 Å². The second-order valence-corrected chi connectivity index (χ2v) is 7.15. The van der Waals surface area contributed by atoms with E-state index in [4.69, 9.17) is 9.47 Å². The molecule has 3 rings (SSSR count). The molecule has 32 heavy (non-hydrogen) atoms. The van der Waals surface area contributed by atoms with Crippen molar-refractivity contribution < 1.29 is 14.4 Å². The van der Waals surface area contributed by atoms with Gasteiger partial charge in [0.2, 0.25) is 11.7 Å². The maximum atomic E-state index is 11.8. The van der Waals surface area contributed by atoms with E-state index in [2.05, 4.69) is 20.5 Å². The zero-order valence-corrected chi connectivity index (χ0v) is 17.9. The summed E-state index contributed by atoms with van der Waals surface area (Å²) in [7, 11) is 1.40. The molecule has 0 saturated carbocycles. The summed E-state index contributed by atoms with van der Waals surface area (Å²) in [5.41, 5.74) is 3.95. The zero-order chi connectivity index (χ0) is 23.1. The van der Waals surface area contributed by atoms with Gasteiger partial charge >= 0.3 is 5.69 Å². The first-order chi connectivity index (χ1) is 15.4. The Hall–Kier alpha value is -4.21. The number of hydrazone groups is 1. The van der Waals surface area contributed by atoms with Gasteiger partial charge in [-0.2, -0.15) is 5.10 Å². The first kappa shape index (κ1) is 22.5. The van der Waals surface area contributed by atoms with Gasteiger partial charge in [0.05, 0.1) is 23.9 Å². The van der Waals surface area contributed by atoms with Gasteiger partial charge in [0.1, 0.15) is 6.61 Å². The number of anilines is 1. The predicted molar refractivity (Wildman–Crippen MR) is 121 cm³/mol. The average molecular weight is 437 g/mol. The Morgan fingerprint density at radius 3 is 2.66 bits per heavy atom. The van der Waals surface area contributed by atoms with Crippen molar-refractivity contribution >= 4 is 17.9 Å². The molecule has 1 heterocycles. The number of hydrogen-bond acceptors (Lipinski definition) is 8.